The van der Waals surface area contributed by atoms with Gasteiger partial charge in [0.2, 0.25) is 0 Å². The second-order valence-electron chi connectivity index (χ2n) is 6.85. The molecule has 0 radical (unpaired) electrons. The van der Waals surface area contributed by atoms with Gasteiger partial charge in [0.25, 0.3) is 0 Å². The molecule has 0 bridgehead atoms. The Hall–Kier alpha value is -0.400. The molecule has 0 saturated carbocycles. The minimum absolute atomic E-state index is 0.543. The molecule has 0 aromatic carbocycles. The molecule has 0 amide bonds. The summed E-state index contributed by atoms with van der Waals surface area (Å²) in [5.41, 5.74) is 0. The molecule has 0 aromatic rings. The minimum atomic E-state index is 0.543. The van der Waals surface area contributed by atoms with Gasteiger partial charge in [-0.3, -0.25) is 0 Å². The first-order chi connectivity index (χ1) is 16.4. The summed E-state index contributed by atoms with van der Waals surface area (Å²) in [6, 6.07) is 0. The van der Waals surface area contributed by atoms with E-state index in [-0.39, 0.29) is 0 Å². The SMILES string of the molecule is CCCOCCOCCOCCOCCOCCOCCOCCNCCOCCOCC. The fraction of sp³-hybridized carbons (Fsp3) is 1.00. The van der Waals surface area contributed by atoms with Gasteiger partial charge in [-0.15, -0.1) is 0 Å². The molecule has 10 nitrogen and oxygen atoms in total. The molecule has 0 unspecified atom stereocenters. The van der Waals surface area contributed by atoms with Gasteiger partial charge in [-0.1, -0.05) is 6.92 Å². The molecule has 0 fully saturated rings. The van der Waals surface area contributed by atoms with Crippen molar-refractivity contribution in [3.8, 4) is 0 Å². The summed E-state index contributed by atoms with van der Waals surface area (Å²) >= 11 is 0. The molecule has 0 aliphatic carbocycles. The van der Waals surface area contributed by atoms with E-state index in [2.05, 4.69) is 12.2 Å². The monoisotopic (exact) mass is 483 g/mol. The van der Waals surface area contributed by atoms with Gasteiger partial charge in [-0.25, -0.2) is 0 Å². The van der Waals surface area contributed by atoms with E-state index in [0.29, 0.717) is 106 Å². The summed E-state index contributed by atoms with van der Waals surface area (Å²) in [6.45, 7) is 16.6. The fourth-order valence-electron chi connectivity index (χ4n) is 2.34. The lowest BCUT2D eigenvalue weighted by Crippen LogP contribution is -2.25. The van der Waals surface area contributed by atoms with Gasteiger partial charge >= 0.3 is 0 Å². The molecule has 0 spiro atoms. The largest absolute Gasteiger partial charge is 0.379 e. The second-order valence-corrected chi connectivity index (χ2v) is 6.85. The van der Waals surface area contributed by atoms with Crippen LogP contribution in [0.1, 0.15) is 20.3 Å². The maximum Gasteiger partial charge on any atom is 0.0701 e. The summed E-state index contributed by atoms with van der Waals surface area (Å²) in [7, 11) is 0. The summed E-state index contributed by atoms with van der Waals surface area (Å²) in [5.74, 6) is 0. The van der Waals surface area contributed by atoms with E-state index in [1.807, 2.05) is 6.92 Å². The first kappa shape index (κ1) is 32.6. The third-order valence-corrected chi connectivity index (χ3v) is 4.00. The van der Waals surface area contributed by atoms with Crippen molar-refractivity contribution in [2.45, 2.75) is 20.3 Å². The van der Waals surface area contributed by atoms with Gasteiger partial charge in [-0.05, 0) is 13.3 Å². The zero-order valence-corrected chi connectivity index (χ0v) is 21.0. The van der Waals surface area contributed by atoms with E-state index in [9.17, 15) is 0 Å². The molecule has 0 heterocycles. The molecule has 0 atom stereocenters. The van der Waals surface area contributed by atoms with Crippen molar-refractivity contribution in [3.63, 3.8) is 0 Å². The van der Waals surface area contributed by atoms with Crippen LogP contribution in [-0.4, -0.2) is 132 Å². The lowest BCUT2D eigenvalue weighted by Gasteiger charge is -2.09. The summed E-state index contributed by atoms with van der Waals surface area (Å²) in [5, 5.41) is 3.26. The lowest BCUT2D eigenvalue weighted by atomic mass is 10.5. The lowest BCUT2D eigenvalue weighted by molar-refractivity contribution is -0.0203. The first-order valence-corrected chi connectivity index (χ1v) is 12.3. The van der Waals surface area contributed by atoms with Crippen LogP contribution < -0.4 is 5.32 Å². The van der Waals surface area contributed by atoms with Crippen LogP contribution in [0.25, 0.3) is 0 Å². The maximum atomic E-state index is 5.49. The van der Waals surface area contributed by atoms with Crippen LogP contribution in [0.2, 0.25) is 0 Å². The van der Waals surface area contributed by atoms with Crippen molar-refractivity contribution in [1.29, 1.82) is 0 Å². The fourth-order valence-corrected chi connectivity index (χ4v) is 2.34. The molecule has 0 aromatic heterocycles. The van der Waals surface area contributed by atoms with E-state index in [0.717, 1.165) is 32.7 Å². The summed E-state index contributed by atoms with van der Waals surface area (Å²) in [6.07, 6.45) is 1.03. The summed E-state index contributed by atoms with van der Waals surface area (Å²) in [4.78, 5) is 0. The third kappa shape index (κ3) is 31.6. The molecule has 1 N–H and O–H groups in total. The van der Waals surface area contributed by atoms with Gasteiger partial charge in [0.15, 0.2) is 0 Å². The number of nitrogens with one attached hydrogen (secondary N) is 1. The van der Waals surface area contributed by atoms with Crippen molar-refractivity contribution >= 4 is 0 Å². The quantitative estimate of drug-likeness (QED) is 0.150. The highest BCUT2D eigenvalue weighted by Crippen LogP contribution is 1.86. The number of rotatable bonds is 30. The van der Waals surface area contributed by atoms with Crippen molar-refractivity contribution in [1.82, 2.24) is 5.32 Å². The average molecular weight is 484 g/mol. The predicted octanol–water partition coefficient (Wildman–Crippen LogP) is 1.16. The standard InChI is InChI=1S/C23H49NO9/c1-3-7-26-12-14-29-16-18-31-20-22-33-23-21-32-19-17-30-15-13-28-9-6-24-5-8-27-11-10-25-4-2/h24H,3-23H2,1-2H3. The molecule has 33 heavy (non-hydrogen) atoms. The van der Waals surface area contributed by atoms with Crippen LogP contribution in [0, 0.1) is 0 Å². The van der Waals surface area contributed by atoms with E-state index in [4.69, 9.17) is 42.6 Å². The van der Waals surface area contributed by atoms with Gasteiger partial charge in [0.05, 0.1) is 106 Å². The van der Waals surface area contributed by atoms with Crippen molar-refractivity contribution in [2.24, 2.45) is 0 Å². The normalized spacial score (nSPS) is 11.5. The highest BCUT2D eigenvalue weighted by molar-refractivity contribution is 4.45. The van der Waals surface area contributed by atoms with Gasteiger partial charge in [-0.2, -0.15) is 0 Å². The third-order valence-electron chi connectivity index (χ3n) is 4.00. The smallest absolute Gasteiger partial charge is 0.0701 e. The summed E-state index contributed by atoms with van der Waals surface area (Å²) < 4.78 is 48.6. The van der Waals surface area contributed by atoms with Crippen LogP contribution in [-0.2, 0) is 42.6 Å². The molecule has 0 saturated heterocycles. The Bertz CT molecular complexity index is 311. The first-order valence-electron chi connectivity index (χ1n) is 12.3. The Balaban J connectivity index is 2.99. The molecule has 0 aliphatic heterocycles. The van der Waals surface area contributed by atoms with Crippen LogP contribution in [0.5, 0.6) is 0 Å². The maximum absolute atomic E-state index is 5.49. The van der Waals surface area contributed by atoms with Crippen molar-refractivity contribution in [3.05, 3.63) is 0 Å². The second kappa shape index (κ2) is 31.6. The van der Waals surface area contributed by atoms with E-state index in [1.165, 1.54) is 0 Å². The van der Waals surface area contributed by atoms with Gasteiger partial charge < -0.3 is 47.9 Å². The van der Waals surface area contributed by atoms with Crippen LogP contribution in [0.4, 0.5) is 0 Å². The number of ether oxygens (including phenoxy) is 9. The van der Waals surface area contributed by atoms with Crippen LogP contribution in [0.3, 0.4) is 0 Å². The molecule has 0 rings (SSSR count). The highest BCUT2D eigenvalue weighted by Gasteiger charge is 1.95. The van der Waals surface area contributed by atoms with Gasteiger partial charge in [0.1, 0.15) is 0 Å². The van der Waals surface area contributed by atoms with Gasteiger partial charge in [0, 0.05) is 26.3 Å². The van der Waals surface area contributed by atoms with Crippen LogP contribution >= 0.6 is 0 Å². The zero-order chi connectivity index (χ0) is 23.9. The molecule has 200 valence electrons. The zero-order valence-electron chi connectivity index (χ0n) is 21.0. The highest BCUT2D eigenvalue weighted by atomic mass is 16.6. The van der Waals surface area contributed by atoms with Crippen molar-refractivity contribution in [2.75, 3.05) is 132 Å². The van der Waals surface area contributed by atoms with E-state index < -0.39 is 0 Å². The molecule has 10 heteroatoms. The Morgan fingerprint density at radius 1 is 0.333 bits per heavy atom. The topological polar surface area (TPSA) is 95.1 Å². The van der Waals surface area contributed by atoms with Crippen LogP contribution in [0.15, 0.2) is 0 Å². The molecule has 0 aliphatic rings. The predicted molar refractivity (Wildman–Crippen MR) is 126 cm³/mol. The van der Waals surface area contributed by atoms with E-state index in [1.54, 1.807) is 0 Å². The minimum Gasteiger partial charge on any atom is -0.379 e. The number of hydrogen-bond acceptors (Lipinski definition) is 10. The van der Waals surface area contributed by atoms with Crippen molar-refractivity contribution < 1.29 is 42.6 Å². The molecular formula is C23H49NO9. The number of hydrogen-bond donors (Lipinski definition) is 1. The van der Waals surface area contributed by atoms with E-state index >= 15 is 0 Å². The Morgan fingerprint density at radius 3 is 0.909 bits per heavy atom. The Morgan fingerprint density at radius 2 is 0.606 bits per heavy atom. The Kier molecular flexibility index (Phi) is 31.2. The Labute approximate surface area is 200 Å². The molecular weight excluding hydrogens is 434 g/mol. The average Bonchev–Trinajstić information content (AvgIpc) is 2.83.